The van der Waals surface area contributed by atoms with Gasteiger partial charge in [0.1, 0.15) is 0 Å². The lowest BCUT2D eigenvalue weighted by atomic mass is 10.2. The van der Waals surface area contributed by atoms with Crippen LogP contribution in [0.25, 0.3) is 0 Å². The third-order valence-electron chi connectivity index (χ3n) is 3.22. The molecule has 6 heteroatoms. The average molecular weight is 305 g/mol. The molecule has 0 bridgehead atoms. The van der Waals surface area contributed by atoms with Crippen LogP contribution in [-0.2, 0) is 23.1 Å². The number of hydrogen-bond acceptors (Lipinski definition) is 4. The van der Waals surface area contributed by atoms with Crippen molar-refractivity contribution in [3.63, 3.8) is 0 Å². The molecule has 0 amide bonds. The van der Waals surface area contributed by atoms with Crippen LogP contribution < -0.4 is 10.0 Å². The van der Waals surface area contributed by atoms with Crippen LogP contribution in [0.3, 0.4) is 0 Å². The Hall–Kier alpha value is -1.76. The summed E-state index contributed by atoms with van der Waals surface area (Å²) >= 11 is 0. The number of aryl methyl sites for hydroxylation is 1. The third kappa shape index (κ3) is 3.87. The molecule has 0 saturated heterocycles. The van der Waals surface area contributed by atoms with Gasteiger partial charge >= 0.3 is 0 Å². The highest BCUT2D eigenvalue weighted by Crippen LogP contribution is 2.16. The van der Waals surface area contributed by atoms with E-state index < -0.39 is 10.0 Å². The predicted molar refractivity (Wildman–Crippen MR) is 82.2 cm³/mol. The Balaban J connectivity index is 2.21. The zero-order chi connectivity index (χ0) is 15.3. The standard InChI is InChI=1S/C15H19N3O2S/c1-12-9-17-8-7-13(12)11-18-21(19,20)15-6-4-3-5-14(15)10-16-2/h3-9,16,18H,10-11H2,1-2H3. The summed E-state index contributed by atoms with van der Waals surface area (Å²) < 4.78 is 27.6. The number of aromatic nitrogens is 1. The maximum absolute atomic E-state index is 12.5. The smallest absolute Gasteiger partial charge is 0.241 e. The first-order valence-electron chi connectivity index (χ1n) is 6.66. The van der Waals surface area contributed by atoms with Crippen LogP contribution in [0.1, 0.15) is 16.7 Å². The van der Waals surface area contributed by atoms with Gasteiger partial charge in [0.05, 0.1) is 4.90 Å². The zero-order valence-electron chi connectivity index (χ0n) is 12.1. The van der Waals surface area contributed by atoms with E-state index >= 15 is 0 Å². The predicted octanol–water partition coefficient (Wildman–Crippen LogP) is 1.59. The average Bonchev–Trinajstić information content (AvgIpc) is 2.47. The number of rotatable bonds is 6. The molecule has 2 N–H and O–H groups in total. The molecule has 1 heterocycles. The van der Waals surface area contributed by atoms with Gasteiger partial charge in [-0.05, 0) is 42.8 Å². The summed E-state index contributed by atoms with van der Waals surface area (Å²) in [6.07, 6.45) is 3.38. The van der Waals surface area contributed by atoms with Gasteiger partial charge in [0.15, 0.2) is 0 Å². The van der Waals surface area contributed by atoms with Gasteiger partial charge in [-0.3, -0.25) is 4.98 Å². The molecule has 0 aliphatic heterocycles. The molecule has 0 aliphatic carbocycles. The molecular formula is C15H19N3O2S. The van der Waals surface area contributed by atoms with Crippen LogP contribution in [-0.4, -0.2) is 20.4 Å². The number of nitrogens with zero attached hydrogens (tertiary/aromatic N) is 1. The second-order valence-electron chi connectivity index (χ2n) is 4.76. The fourth-order valence-corrected chi connectivity index (χ4v) is 3.30. The molecule has 0 radical (unpaired) electrons. The quantitative estimate of drug-likeness (QED) is 0.850. The maximum atomic E-state index is 12.5. The van der Waals surface area contributed by atoms with E-state index in [0.29, 0.717) is 11.4 Å². The van der Waals surface area contributed by atoms with Crippen LogP contribution in [0.15, 0.2) is 47.6 Å². The first kappa shape index (κ1) is 15.6. The van der Waals surface area contributed by atoms with Crippen LogP contribution in [0, 0.1) is 6.92 Å². The fraction of sp³-hybridized carbons (Fsp3) is 0.267. The Morgan fingerprint density at radius 1 is 1.10 bits per heavy atom. The molecule has 0 fully saturated rings. The van der Waals surface area contributed by atoms with Crippen LogP contribution in [0.5, 0.6) is 0 Å². The van der Waals surface area contributed by atoms with Crippen LogP contribution in [0.4, 0.5) is 0 Å². The number of pyridine rings is 1. The molecule has 0 saturated carbocycles. The van der Waals surface area contributed by atoms with Gasteiger partial charge in [-0.2, -0.15) is 0 Å². The zero-order valence-corrected chi connectivity index (χ0v) is 12.9. The van der Waals surface area contributed by atoms with Gasteiger partial charge in [-0.15, -0.1) is 0 Å². The molecule has 1 aromatic carbocycles. The lowest BCUT2D eigenvalue weighted by Crippen LogP contribution is -2.25. The topological polar surface area (TPSA) is 71.1 Å². The highest BCUT2D eigenvalue weighted by atomic mass is 32.2. The molecule has 112 valence electrons. The van der Waals surface area contributed by atoms with E-state index in [0.717, 1.165) is 16.7 Å². The second-order valence-corrected chi connectivity index (χ2v) is 6.50. The Labute approximate surface area is 125 Å². The van der Waals surface area contributed by atoms with Gasteiger partial charge < -0.3 is 5.32 Å². The first-order chi connectivity index (χ1) is 10.0. The van der Waals surface area contributed by atoms with Gasteiger partial charge in [0, 0.05) is 25.5 Å². The lowest BCUT2D eigenvalue weighted by Gasteiger charge is -2.12. The van der Waals surface area contributed by atoms with E-state index in [1.165, 1.54) is 0 Å². The van der Waals surface area contributed by atoms with Gasteiger partial charge in [-0.1, -0.05) is 18.2 Å². The van der Waals surface area contributed by atoms with E-state index in [1.807, 2.05) is 25.1 Å². The number of nitrogens with one attached hydrogen (secondary N) is 2. The van der Waals surface area contributed by atoms with E-state index in [2.05, 4.69) is 15.0 Å². The van der Waals surface area contributed by atoms with Crippen molar-refractivity contribution in [2.24, 2.45) is 0 Å². The van der Waals surface area contributed by atoms with Crippen LogP contribution in [0.2, 0.25) is 0 Å². The van der Waals surface area contributed by atoms with Crippen molar-refractivity contribution in [1.82, 2.24) is 15.0 Å². The highest BCUT2D eigenvalue weighted by Gasteiger charge is 2.17. The molecule has 5 nitrogen and oxygen atoms in total. The van der Waals surface area contributed by atoms with Gasteiger partial charge in [-0.25, -0.2) is 13.1 Å². The van der Waals surface area contributed by atoms with Crippen molar-refractivity contribution in [3.05, 3.63) is 59.4 Å². The summed E-state index contributed by atoms with van der Waals surface area (Å²) in [5.41, 5.74) is 2.63. The molecule has 21 heavy (non-hydrogen) atoms. The van der Waals surface area contributed by atoms with Gasteiger partial charge in [0.2, 0.25) is 10.0 Å². The largest absolute Gasteiger partial charge is 0.316 e. The molecule has 1 aromatic heterocycles. The summed E-state index contributed by atoms with van der Waals surface area (Å²) in [5, 5.41) is 2.98. The highest BCUT2D eigenvalue weighted by molar-refractivity contribution is 7.89. The Morgan fingerprint density at radius 2 is 1.86 bits per heavy atom. The van der Waals surface area contributed by atoms with Crippen molar-refractivity contribution in [2.75, 3.05) is 7.05 Å². The first-order valence-corrected chi connectivity index (χ1v) is 8.14. The molecule has 0 unspecified atom stereocenters. The Morgan fingerprint density at radius 3 is 2.57 bits per heavy atom. The van der Waals surface area contributed by atoms with Crippen molar-refractivity contribution >= 4 is 10.0 Å². The monoisotopic (exact) mass is 305 g/mol. The Bertz CT molecular complexity index is 714. The molecule has 2 rings (SSSR count). The van der Waals surface area contributed by atoms with E-state index in [9.17, 15) is 8.42 Å². The SMILES string of the molecule is CNCc1ccccc1S(=O)(=O)NCc1ccncc1C. The van der Waals surface area contributed by atoms with Crippen molar-refractivity contribution in [2.45, 2.75) is 24.9 Å². The minimum atomic E-state index is -3.54. The number of sulfonamides is 1. The number of benzene rings is 1. The second kappa shape index (κ2) is 6.80. The third-order valence-corrected chi connectivity index (χ3v) is 4.72. The van der Waals surface area contributed by atoms with E-state index in [-0.39, 0.29) is 6.54 Å². The van der Waals surface area contributed by atoms with E-state index in [1.54, 1.807) is 31.6 Å². The van der Waals surface area contributed by atoms with Crippen molar-refractivity contribution in [1.29, 1.82) is 0 Å². The summed E-state index contributed by atoms with van der Waals surface area (Å²) in [5.74, 6) is 0. The van der Waals surface area contributed by atoms with E-state index in [4.69, 9.17) is 0 Å². The molecular weight excluding hydrogens is 286 g/mol. The van der Waals surface area contributed by atoms with Crippen molar-refractivity contribution in [3.8, 4) is 0 Å². The molecule has 0 spiro atoms. The van der Waals surface area contributed by atoms with Gasteiger partial charge in [0.25, 0.3) is 0 Å². The summed E-state index contributed by atoms with van der Waals surface area (Å²) in [7, 11) is -1.75. The lowest BCUT2D eigenvalue weighted by molar-refractivity contribution is 0.579. The van der Waals surface area contributed by atoms with Crippen molar-refractivity contribution < 1.29 is 8.42 Å². The number of hydrogen-bond donors (Lipinski definition) is 2. The summed E-state index contributed by atoms with van der Waals surface area (Å²) in [6.45, 7) is 2.67. The normalized spacial score (nSPS) is 11.5. The minimum absolute atomic E-state index is 0.255. The van der Waals surface area contributed by atoms with Crippen LogP contribution >= 0.6 is 0 Å². The molecule has 0 atom stereocenters. The molecule has 0 aliphatic rings. The summed E-state index contributed by atoms with van der Waals surface area (Å²) in [4.78, 5) is 4.31. The maximum Gasteiger partial charge on any atom is 0.241 e. The fourth-order valence-electron chi connectivity index (χ4n) is 2.05. The summed E-state index contributed by atoms with van der Waals surface area (Å²) in [6, 6.07) is 8.80. The molecule has 2 aromatic rings. The Kier molecular flexibility index (Phi) is 5.06. The minimum Gasteiger partial charge on any atom is -0.316 e.